The van der Waals surface area contributed by atoms with E-state index in [0.717, 1.165) is 15.4 Å². The number of sulfonamides is 1. The Morgan fingerprint density at radius 3 is 2.16 bits per heavy atom. The second kappa shape index (κ2) is 9.40. The summed E-state index contributed by atoms with van der Waals surface area (Å²) >= 11 is 0. The normalized spacial score (nSPS) is 11.0. The van der Waals surface area contributed by atoms with Crippen LogP contribution >= 0.6 is 0 Å². The lowest BCUT2D eigenvalue weighted by molar-refractivity contribution is -0.384. The average molecular weight is 439 g/mol. The first-order chi connectivity index (χ1) is 14.8. The molecule has 0 bridgehead atoms. The van der Waals surface area contributed by atoms with Gasteiger partial charge in [-0.2, -0.15) is 0 Å². The number of hydrogen-bond acceptors (Lipinski definition) is 5. The quantitative estimate of drug-likeness (QED) is 0.427. The van der Waals surface area contributed by atoms with Crippen molar-refractivity contribution in [3.63, 3.8) is 0 Å². The summed E-state index contributed by atoms with van der Waals surface area (Å²) in [7, 11) is -4.07. The molecule has 0 radical (unpaired) electrons. The summed E-state index contributed by atoms with van der Waals surface area (Å²) in [6.07, 6.45) is 0. The van der Waals surface area contributed by atoms with Crippen molar-refractivity contribution in [2.24, 2.45) is 0 Å². The van der Waals surface area contributed by atoms with Gasteiger partial charge in [-0.3, -0.25) is 19.2 Å². The van der Waals surface area contributed by atoms with Gasteiger partial charge in [-0.25, -0.2) is 8.42 Å². The summed E-state index contributed by atoms with van der Waals surface area (Å²) < 4.78 is 27.4. The molecule has 31 heavy (non-hydrogen) atoms. The zero-order chi connectivity index (χ0) is 22.4. The largest absolute Gasteiger partial charge is 0.350 e. The molecule has 3 rings (SSSR count). The van der Waals surface area contributed by atoms with Crippen LogP contribution in [0.4, 0.5) is 11.4 Å². The van der Waals surface area contributed by atoms with Gasteiger partial charge >= 0.3 is 0 Å². The number of rotatable bonds is 8. The van der Waals surface area contributed by atoms with E-state index >= 15 is 0 Å². The maximum atomic E-state index is 13.2. The number of amides is 1. The second-order valence-electron chi connectivity index (χ2n) is 6.86. The third-order valence-electron chi connectivity index (χ3n) is 4.58. The molecule has 0 spiro atoms. The molecule has 1 N–H and O–H groups in total. The number of carbonyl (C=O) groups excluding carboxylic acids is 1. The van der Waals surface area contributed by atoms with Crippen LogP contribution in [0.5, 0.6) is 0 Å². The predicted molar refractivity (Wildman–Crippen MR) is 117 cm³/mol. The number of nitro benzene ring substituents is 1. The molecule has 0 aliphatic rings. The summed E-state index contributed by atoms with van der Waals surface area (Å²) in [6, 6.07) is 20.3. The molecule has 0 atom stereocenters. The zero-order valence-corrected chi connectivity index (χ0v) is 17.6. The van der Waals surface area contributed by atoms with Crippen LogP contribution in [0.1, 0.15) is 11.1 Å². The molecule has 9 heteroatoms. The molecule has 0 aliphatic heterocycles. The number of nitrogens with one attached hydrogen (secondary N) is 1. The summed E-state index contributed by atoms with van der Waals surface area (Å²) in [5.41, 5.74) is 1.95. The minimum absolute atomic E-state index is 0.0136. The number of benzene rings is 3. The molecule has 3 aromatic rings. The summed E-state index contributed by atoms with van der Waals surface area (Å²) in [4.78, 5) is 23.0. The molecule has 0 fully saturated rings. The zero-order valence-electron chi connectivity index (χ0n) is 16.8. The topological polar surface area (TPSA) is 110 Å². The van der Waals surface area contributed by atoms with E-state index in [2.05, 4.69) is 5.32 Å². The van der Waals surface area contributed by atoms with E-state index in [1.54, 1.807) is 18.2 Å². The number of carbonyl (C=O) groups is 1. The van der Waals surface area contributed by atoms with E-state index in [0.29, 0.717) is 0 Å². The molecular formula is C22H21N3O5S. The molecule has 0 saturated carbocycles. The van der Waals surface area contributed by atoms with Crippen LogP contribution in [-0.4, -0.2) is 25.8 Å². The van der Waals surface area contributed by atoms with E-state index < -0.39 is 27.4 Å². The van der Waals surface area contributed by atoms with E-state index in [1.165, 1.54) is 36.4 Å². The highest BCUT2D eigenvalue weighted by atomic mass is 32.2. The fourth-order valence-corrected chi connectivity index (χ4v) is 4.31. The third-order valence-corrected chi connectivity index (χ3v) is 6.37. The lowest BCUT2D eigenvalue weighted by Crippen LogP contribution is -2.40. The van der Waals surface area contributed by atoms with Gasteiger partial charge in [0.2, 0.25) is 5.91 Å². The van der Waals surface area contributed by atoms with Gasteiger partial charge in [-0.15, -0.1) is 0 Å². The van der Waals surface area contributed by atoms with Gasteiger partial charge in [0.1, 0.15) is 6.54 Å². The number of anilines is 1. The Balaban J connectivity index is 1.85. The summed E-state index contributed by atoms with van der Waals surface area (Å²) in [5, 5.41) is 13.6. The maximum absolute atomic E-state index is 13.2. The van der Waals surface area contributed by atoms with Crippen LogP contribution in [0.15, 0.2) is 83.8 Å². The van der Waals surface area contributed by atoms with E-state index in [9.17, 15) is 23.3 Å². The Hall–Kier alpha value is -3.72. The van der Waals surface area contributed by atoms with Crippen molar-refractivity contribution in [2.45, 2.75) is 18.4 Å². The highest BCUT2D eigenvalue weighted by Crippen LogP contribution is 2.25. The van der Waals surface area contributed by atoms with Crippen LogP contribution in [0.25, 0.3) is 0 Å². The fraction of sp³-hybridized carbons (Fsp3) is 0.136. The van der Waals surface area contributed by atoms with Gasteiger partial charge < -0.3 is 5.32 Å². The van der Waals surface area contributed by atoms with E-state index in [-0.39, 0.29) is 22.8 Å². The van der Waals surface area contributed by atoms with Crippen LogP contribution < -0.4 is 9.62 Å². The lowest BCUT2D eigenvalue weighted by Gasteiger charge is -2.24. The van der Waals surface area contributed by atoms with Crippen LogP contribution in [0, 0.1) is 17.0 Å². The van der Waals surface area contributed by atoms with E-state index in [1.807, 2.05) is 31.2 Å². The SMILES string of the molecule is Cc1ccc(CNC(=O)CN(c2ccc([N+](=O)[O-])cc2)S(=O)(=O)c2ccccc2)cc1. The first kappa shape index (κ1) is 22.0. The van der Waals surface area contributed by atoms with Gasteiger partial charge in [-0.05, 0) is 36.8 Å². The number of nitro groups is 1. The van der Waals surface area contributed by atoms with Crippen molar-refractivity contribution in [3.05, 3.63) is 100 Å². The first-order valence-electron chi connectivity index (χ1n) is 9.42. The van der Waals surface area contributed by atoms with Crippen molar-refractivity contribution < 1.29 is 18.1 Å². The molecule has 160 valence electrons. The highest BCUT2D eigenvalue weighted by Gasteiger charge is 2.27. The second-order valence-corrected chi connectivity index (χ2v) is 8.72. The maximum Gasteiger partial charge on any atom is 0.269 e. The van der Waals surface area contributed by atoms with Crippen molar-refractivity contribution in [1.82, 2.24) is 5.32 Å². The molecule has 1 amide bonds. The number of aryl methyl sites for hydroxylation is 1. The number of hydrogen-bond donors (Lipinski definition) is 1. The molecule has 0 saturated heterocycles. The number of nitrogens with zero attached hydrogens (tertiary/aromatic N) is 2. The summed E-state index contributed by atoms with van der Waals surface area (Å²) in [6.45, 7) is 1.73. The van der Waals surface area contributed by atoms with Crippen molar-refractivity contribution in [1.29, 1.82) is 0 Å². The van der Waals surface area contributed by atoms with Gasteiger partial charge in [0.25, 0.3) is 15.7 Å². The predicted octanol–water partition coefficient (Wildman–Crippen LogP) is 3.41. The minimum Gasteiger partial charge on any atom is -0.350 e. The lowest BCUT2D eigenvalue weighted by atomic mass is 10.1. The van der Waals surface area contributed by atoms with Crippen LogP contribution in [0.2, 0.25) is 0 Å². The van der Waals surface area contributed by atoms with Crippen LogP contribution in [0.3, 0.4) is 0 Å². The van der Waals surface area contributed by atoms with Gasteiger partial charge in [0.05, 0.1) is 15.5 Å². The average Bonchev–Trinajstić information content (AvgIpc) is 2.77. The Labute approximate surface area is 180 Å². The molecule has 0 unspecified atom stereocenters. The van der Waals surface area contributed by atoms with Crippen molar-refractivity contribution in [2.75, 3.05) is 10.8 Å². The minimum atomic E-state index is -4.07. The molecule has 0 heterocycles. The monoisotopic (exact) mass is 439 g/mol. The highest BCUT2D eigenvalue weighted by molar-refractivity contribution is 7.92. The first-order valence-corrected chi connectivity index (χ1v) is 10.9. The van der Waals surface area contributed by atoms with Crippen molar-refractivity contribution >= 4 is 27.3 Å². The van der Waals surface area contributed by atoms with Gasteiger partial charge in [0, 0.05) is 18.7 Å². The molecule has 8 nitrogen and oxygen atoms in total. The standard InChI is InChI=1S/C22H21N3O5S/c1-17-7-9-18(10-8-17)15-23-22(26)16-24(19-11-13-20(14-12-19)25(27)28)31(29,30)21-5-3-2-4-6-21/h2-14H,15-16H2,1H3,(H,23,26). The van der Waals surface area contributed by atoms with Gasteiger partial charge in [-0.1, -0.05) is 48.0 Å². The van der Waals surface area contributed by atoms with Gasteiger partial charge in [0.15, 0.2) is 0 Å². The summed E-state index contributed by atoms with van der Waals surface area (Å²) in [5.74, 6) is -0.501. The Morgan fingerprint density at radius 1 is 0.968 bits per heavy atom. The Morgan fingerprint density at radius 2 is 1.58 bits per heavy atom. The van der Waals surface area contributed by atoms with Crippen molar-refractivity contribution in [3.8, 4) is 0 Å². The van der Waals surface area contributed by atoms with Crippen LogP contribution in [-0.2, 0) is 21.4 Å². The number of non-ortho nitro benzene ring substituents is 1. The molecular weight excluding hydrogens is 418 g/mol. The molecule has 0 aliphatic carbocycles. The smallest absolute Gasteiger partial charge is 0.269 e. The Kier molecular flexibility index (Phi) is 6.66. The van der Waals surface area contributed by atoms with E-state index in [4.69, 9.17) is 0 Å². The molecule has 3 aromatic carbocycles. The fourth-order valence-electron chi connectivity index (χ4n) is 2.87. The third kappa shape index (κ3) is 5.46. The Bertz CT molecular complexity index is 1160. The molecule has 0 aromatic heterocycles.